The van der Waals surface area contributed by atoms with Crippen molar-refractivity contribution in [3.8, 4) is 23.0 Å². The minimum Gasteiger partial charge on any atom is -0.497 e. The van der Waals surface area contributed by atoms with Gasteiger partial charge in [0.15, 0.2) is 5.82 Å². The van der Waals surface area contributed by atoms with E-state index in [0.29, 0.717) is 16.6 Å². The van der Waals surface area contributed by atoms with Crippen LogP contribution in [-0.2, 0) is 0 Å². The van der Waals surface area contributed by atoms with Crippen molar-refractivity contribution >= 4 is 16.5 Å². The fraction of sp³-hybridized carbons (Fsp3) is 0.188. The molecule has 0 spiro atoms. The van der Waals surface area contributed by atoms with Crippen molar-refractivity contribution in [2.45, 2.75) is 13.0 Å². The molecule has 0 saturated carbocycles. The molecule has 0 bridgehead atoms. The molecule has 0 radical (unpaired) electrons. The second-order valence-electron chi connectivity index (χ2n) is 5.56. The van der Waals surface area contributed by atoms with Crippen LogP contribution in [0.15, 0.2) is 42.9 Å². The number of benzene rings is 1. The summed E-state index contributed by atoms with van der Waals surface area (Å²) in [6.45, 7) is 1.97. The quantitative estimate of drug-likeness (QED) is 0.575. The second kappa shape index (κ2) is 6.56. The van der Waals surface area contributed by atoms with Crippen LogP contribution in [0.3, 0.4) is 0 Å². The summed E-state index contributed by atoms with van der Waals surface area (Å²) in [5, 5.41) is 17.6. The first kappa shape index (κ1) is 16.2. The Kier molecular flexibility index (Phi) is 4.09. The molecule has 26 heavy (non-hydrogen) atoms. The lowest BCUT2D eigenvalue weighted by Crippen LogP contribution is -2.07. The molecule has 0 saturated heterocycles. The van der Waals surface area contributed by atoms with Crippen LogP contribution in [0.5, 0.6) is 5.75 Å². The molecule has 3 aromatic heterocycles. The second-order valence-corrected chi connectivity index (χ2v) is 6.60. The van der Waals surface area contributed by atoms with Gasteiger partial charge in [-0.05, 0) is 31.2 Å². The highest BCUT2D eigenvalue weighted by Crippen LogP contribution is 2.25. The SMILES string of the molecule is COc1ccc(-n2ccnc2-c2cn(C(C)c3nnc(N)s3)nn2)cc1. The van der Waals surface area contributed by atoms with E-state index in [-0.39, 0.29) is 6.04 Å². The fourth-order valence-electron chi connectivity index (χ4n) is 2.54. The minimum atomic E-state index is -0.115. The highest BCUT2D eigenvalue weighted by atomic mass is 32.1. The number of nitrogens with zero attached hydrogens (tertiary/aromatic N) is 7. The molecule has 0 aliphatic carbocycles. The van der Waals surface area contributed by atoms with Crippen molar-refractivity contribution in [3.05, 3.63) is 47.9 Å². The first-order valence-electron chi connectivity index (χ1n) is 7.84. The Morgan fingerprint density at radius 2 is 1.96 bits per heavy atom. The Balaban J connectivity index is 1.65. The van der Waals surface area contributed by atoms with Gasteiger partial charge >= 0.3 is 0 Å². The van der Waals surface area contributed by atoms with Crippen LogP contribution >= 0.6 is 11.3 Å². The third-order valence-electron chi connectivity index (χ3n) is 3.94. The van der Waals surface area contributed by atoms with Gasteiger partial charge in [0.1, 0.15) is 22.5 Å². The number of anilines is 1. The predicted octanol–water partition coefficient (Wildman–Crippen LogP) is 2.18. The van der Waals surface area contributed by atoms with Gasteiger partial charge in [0.05, 0.1) is 13.3 Å². The van der Waals surface area contributed by atoms with Crippen molar-refractivity contribution in [3.63, 3.8) is 0 Å². The number of hydrogen-bond acceptors (Lipinski definition) is 8. The Labute approximate surface area is 153 Å². The van der Waals surface area contributed by atoms with Crippen molar-refractivity contribution in [2.24, 2.45) is 0 Å². The molecule has 9 nitrogen and oxygen atoms in total. The zero-order valence-electron chi connectivity index (χ0n) is 14.1. The summed E-state index contributed by atoms with van der Waals surface area (Å²) in [5.41, 5.74) is 7.28. The van der Waals surface area contributed by atoms with Gasteiger partial charge in [0.2, 0.25) is 5.13 Å². The zero-order valence-corrected chi connectivity index (χ0v) is 15.0. The number of nitrogen functional groups attached to an aromatic ring is 1. The average molecular weight is 368 g/mol. The van der Waals surface area contributed by atoms with E-state index < -0.39 is 0 Å². The van der Waals surface area contributed by atoms with Crippen LogP contribution in [0.4, 0.5) is 5.13 Å². The summed E-state index contributed by atoms with van der Waals surface area (Å²) in [4.78, 5) is 4.43. The first-order valence-corrected chi connectivity index (χ1v) is 8.66. The van der Waals surface area contributed by atoms with E-state index in [9.17, 15) is 0 Å². The molecule has 1 atom stereocenters. The highest BCUT2D eigenvalue weighted by molar-refractivity contribution is 7.15. The predicted molar refractivity (Wildman–Crippen MR) is 97.3 cm³/mol. The van der Waals surface area contributed by atoms with Gasteiger partial charge in [0.25, 0.3) is 0 Å². The zero-order chi connectivity index (χ0) is 18.1. The normalized spacial score (nSPS) is 12.2. The molecule has 0 aliphatic rings. The van der Waals surface area contributed by atoms with Crippen LogP contribution in [0.25, 0.3) is 17.2 Å². The molecule has 2 N–H and O–H groups in total. The number of ether oxygens (including phenoxy) is 1. The van der Waals surface area contributed by atoms with Gasteiger partial charge in [0, 0.05) is 18.1 Å². The van der Waals surface area contributed by atoms with E-state index in [0.717, 1.165) is 16.4 Å². The summed E-state index contributed by atoms with van der Waals surface area (Å²) in [6, 6.07) is 7.60. The Morgan fingerprint density at radius 3 is 2.65 bits per heavy atom. The van der Waals surface area contributed by atoms with E-state index in [1.54, 1.807) is 18.0 Å². The molecule has 132 valence electrons. The maximum absolute atomic E-state index is 5.66. The molecule has 0 aliphatic heterocycles. The standard InChI is InChI=1S/C16H16N8OS/c1-10(15-20-21-16(17)26-15)24-9-13(19-22-24)14-18-7-8-23(14)11-3-5-12(25-2)6-4-11/h3-10H,1-2H3,(H2,17,21). The summed E-state index contributed by atoms with van der Waals surface area (Å²) >= 11 is 1.34. The van der Waals surface area contributed by atoms with Crippen LogP contribution in [-0.4, -0.2) is 41.9 Å². The number of hydrogen-bond donors (Lipinski definition) is 1. The van der Waals surface area contributed by atoms with E-state index >= 15 is 0 Å². The van der Waals surface area contributed by atoms with Crippen LogP contribution in [0.1, 0.15) is 18.0 Å². The lowest BCUT2D eigenvalue weighted by Gasteiger charge is -2.07. The maximum atomic E-state index is 5.66. The van der Waals surface area contributed by atoms with Crippen molar-refractivity contribution in [1.29, 1.82) is 0 Å². The lowest BCUT2D eigenvalue weighted by atomic mass is 10.3. The van der Waals surface area contributed by atoms with E-state index in [1.807, 2.05) is 48.1 Å². The van der Waals surface area contributed by atoms with Crippen LogP contribution in [0, 0.1) is 0 Å². The van der Waals surface area contributed by atoms with Crippen molar-refractivity contribution in [1.82, 2.24) is 34.7 Å². The van der Waals surface area contributed by atoms with Gasteiger partial charge in [-0.2, -0.15) is 0 Å². The van der Waals surface area contributed by atoms with Crippen molar-refractivity contribution in [2.75, 3.05) is 12.8 Å². The summed E-state index contributed by atoms with van der Waals surface area (Å²) in [6.07, 6.45) is 5.45. The monoisotopic (exact) mass is 368 g/mol. The number of imidazole rings is 1. The van der Waals surface area contributed by atoms with Gasteiger partial charge in [-0.15, -0.1) is 15.3 Å². The number of nitrogens with two attached hydrogens (primary N) is 1. The third kappa shape index (κ3) is 2.90. The van der Waals surface area contributed by atoms with E-state index in [2.05, 4.69) is 25.5 Å². The summed E-state index contributed by atoms with van der Waals surface area (Å²) in [7, 11) is 1.64. The molecule has 4 rings (SSSR count). The lowest BCUT2D eigenvalue weighted by molar-refractivity contribution is 0.415. The highest BCUT2D eigenvalue weighted by Gasteiger charge is 2.18. The number of rotatable bonds is 5. The molecular weight excluding hydrogens is 352 g/mol. The molecule has 4 aromatic rings. The van der Waals surface area contributed by atoms with Gasteiger partial charge in [-0.1, -0.05) is 16.6 Å². The smallest absolute Gasteiger partial charge is 0.203 e. The fourth-order valence-corrected chi connectivity index (χ4v) is 3.20. The van der Waals surface area contributed by atoms with Gasteiger partial charge in [-0.25, -0.2) is 9.67 Å². The Morgan fingerprint density at radius 1 is 1.15 bits per heavy atom. The molecule has 0 amide bonds. The number of aromatic nitrogens is 7. The molecule has 1 aromatic carbocycles. The first-order chi connectivity index (χ1) is 12.7. The average Bonchev–Trinajstić information content (AvgIpc) is 3.41. The van der Waals surface area contributed by atoms with Gasteiger partial charge < -0.3 is 10.5 Å². The van der Waals surface area contributed by atoms with E-state index in [4.69, 9.17) is 10.5 Å². The minimum absolute atomic E-state index is 0.115. The molecule has 3 heterocycles. The molecule has 1 unspecified atom stereocenters. The number of methoxy groups -OCH3 is 1. The topological polar surface area (TPSA) is 110 Å². The third-order valence-corrected chi connectivity index (χ3v) is 4.86. The van der Waals surface area contributed by atoms with Gasteiger partial charge in [-0.3, -0.25) is 4.57 Å². The van der Waals surface area contributed by atoms with Crippen LogP contribution in [0.2, 0.25) is 0 Å². The maximum Gasteiger partial charge on any atom is 0.203 e. The summed E-state index contributed by atoms with van der Waals surface area (Å²) < 4.78 is 8.88. The largest absolute Gasteiger partial charge is 0.497 e. The van der Waals surface area contributed by atoms with E-state index in [1.165, 1.54) is 11.3 Å². The molecule has 10 heteroatoms. The molecular formula is C16H16N8OS. The van der Waals surface area contributed by atoms with Crippen LogP contribution < -0.4 is 10.5 Å². The molecule has 0 fully saturated rings. The Hall–Kier alpha value is -3.27. The van der Waals surface area contributed by atoms with Crippen molar-refractivity contribution < 1.29 is 4.74 Å². The summed E-state index contributed by atoms with van der Waals surface area (Å²) in [5.74, 6) is 1.50. The Bertz CT molecular complexity index is 1020.